The molecule has 0 aliphatic rings. The van der Waals surface area contributed by atoms with Gasteiger partial charge in [-0.1, -0.05) is 31.2 Å². The van der Waals surface area contributed by atoms with Crippen LogP contribution in [0.15, 0.2) is 54.6 Å². The van der Waals surface area contributed by atoms with Crippen LogP contribution in [0.1, 0.15) is 29.4 Å². The van der Waals surface area contributed by atoms with Gasteiger partial charge >= 0.3 is 6.18 Å². The van der Waals surface area contributed by atoms with Crippen LogP contribution in [0.3, 0.4) is 0 Å². The number of carbonyl (C=O) groups excluding carboxylic acids is 1. The Balaban J connectivity index is 2.06. The average molecular weight is 331 g/mol. The van der Waals surface area contributed by atoms with Gasteiger partial charge in [-0.15, -0.1) is 0 Å². The van der Waals surface area contributed by atoms with Crippen molar-refractivity contribution in [3.63, 3.8) is 0 Å². The number of alkyl halides is 3. The lowest BCUT2D eigenvalue weighted by Gasteiger charge is -2.06. The quantitative estimate of drug-likeness (QED) is 0.725. The number of nitrogens with zero attached hydrogens (tertiary/aromatic N) is 1. The molecule has 0 fully saturated rings. The first-order valence-electron chi connectivity index (χ1n) is 7.42. The summed E-state index contributed by atoms with van der Waals surface area (Å²) in [4.78, 5) is 16.1. The number of ketones is 1. The molecule has 0 bridgehead atoms. The summed E-state index contributed by atoms with van der Waals surface area (Å²) in [5.74, 6) is -0.323. The number of pyridine rings is 1. The lowest BCUT2D eigenvalue weighted by Crippen LogP contribution is -2.04. The van der Waals surface area contributed by atoms with Gasteiger partial charge in [0.05, 0.1) is 11.3 Å². The number of halogens is 3. The zero-order valence-electron chi connectivity index (χ0n) is 13.0. The van der Waals surface area contributed by atoms with Gasteiger partial charge in [-0.25, -0.2) is 0 Å². The van der Waals surface area contributed by atoms with Crippen LogP contribution in [0, 0.1) is 0 Å². The van der Waals surface area contributed by atoms with E-state index in [-0.39, 0.29) is 5.78 Å². The maximum atomic E-state index is 12.6. The van der Waals surface area contributed by atoms with Crippen LogP contribution in [-0.2, 0) is 17.4 Å². The first-order valence-corrected chi connectivity index (χ1v) is 7.42. The molecular formula is C19H16F3NO. The van der Waals surface area contributed by atoms with Crippen LogP contribution in [0.4, 0.5) is 13.2 Å². The minimum absolute atomic E-state index is 0.317. The second-order valence-corrected chi connectivity index (χ2v) is 5.10. The summed E-state index contributed by atoms with van der Waals surface area (Å²) in [6.45, 7) is 1.98. The molecule has 0 amide bonds. The molecule has 0 atom stereocenters. The van der Waals surface area contributed by atoms with E-state index in [4.69, 9.17) is 0 Å². The lowest BCUT2D eigenvalue weighted by atomic mass is 10.1. The Morgan fingerprint density at radius 1 is 1.08 bits per heavy atom. The maximum absolute atomic E-state index is 12.6. The highest BCUT2D eigenvalue weighted by molar-refractivity contribution is 6.04. The monoisotopic (exact) mass is 331 g/mol. The normalized spacial score (nSPS) is 12.2. The number of aryl methyl sites for hydroxylation is 1. The van der Waals surface area contributed by atoms with Crippen molar-refractivity contribution < 1.29 is 18.0 Å². The van der Waals surface area contributed by atoms with Crippen molar-refractivity contribution in [2.45, 2.75) is 19.5 Å². The van der Waals surface area contributed by atoms with Crippen molar-refractivity contribution >= 4 is 17.9 Å². The molecule has 0 saturated heterocycles. The third-order valence-electron chi connectivity index (χ3n) is 3.26. The highest BCUT2D eigenvalue weighted by atomic mass is 19.4. The fraction of sp³-hybridized carbons (Fsp3) is 0.158. The number of benzene rings is 1. The van der Waals surface area contributed by atoms with Gasteiger partial charge in [0.15, 0.2) is 5.78 Å². The maximum Gasteiger partial charge on any atom is 0.416 e. The van der Waals surface area contributed by atoms with Crippen LogP contribution in [0.5, 0.6) is 0 Å². The molecule has 1 aromatic heterocycles. The van der Waals surface area contributed by atoms with E-state index in [1.54, 1.807) is 12.1 Å². The van der Waals surface area contributed by atoms with E-state index in [2.05, 4.69) is 4.98 Å². The van der Waals surface area contributed by atoms with Crippen LogP contribution < -0.4 is 0 Å². The predicted molar refractivity (Wildman–Crippen MR) is 88.1 cm³/mol. The Bertz CT molecular complexity index is 776. The number of carbonyl (C=O) groups is 1. The summed E-state index contributed by atoms with van der Waals surface area (Å²) in [6, 6.07) is 10.3. The van der Waals surface area contributed by atoms with Gasteiger partial charge in [-0.05, 0) is 54.5 Å². The van der Waals surface area contributed by atoms with Crippen molar-refractivity contribution in [1.29, 1.82) is 0 Å². The molecule has 1 aromatic carbocycles. The molecule has 0 aliphatic heterocycles. The number of hydrogen-bond donors (Lipinski definition) is 0. The summed E-state index contributed by atoms with van der Waals surface area (Å²) in [7, 11) is 0. The second kappa shape index (κ2) is 7.73. The molecule has 0 N–H and O–H groups in total. The summed E-state index contributed by atoms with van der Waals surface area (Å²) in [5, 5.41) is 0. The smallest absolute Gasteiger partial charge is 0.290 e. The molecule has 5 heteroatoms. The summed E-state index contributed by atoms with van der Waals surface area (Å²) in [5.41, 5.74) is 1.16. The number of rotatable bonds is 5. The molecule has 24 heavy (non-hydrogen) atoms. The Hall–Kier alpha value is -2.69. The molecule has 0 aliphatic carbocycles. The molecule has 0 saturated carbocycles. The molecule has 0 radical (unpaired) electrons. The van der Waals surface area contributed by atoms with Crippen molar-refractivity contribution in [3.05, 3.63) is 77.1 Å². The summed E-state index contributed by atoms with van der Waals surface area (Å²) < 4.78 is 37.9. The molecule has 0 spiro atoms. The third kappa shape index (κ3) is 5.19. The fourth-order valence-electron chi connectivity index (χ4n) is 2.01. The van der Waals surface area contributed by atoms with Crippen molar-refractivity contribution in [2.75, 3.05) is 0 Å². The highest BCUT2D eigenvalue weighted by Gasteiger charge is 2.30. The Labute approximate surface area is 138 Å². The van der Waals surface area contributed by atoms with Gasteiger partial charge in [0, 0.05) is 5.69 Å². The Kier molecular flexibility index (Phi) is 5.68. The van der Waals surface area contributed by atoms with Gasteiger partial charge in [-0.3, -0.25) is 9.78 Å². The van der Waals surface area contributed by atoms with E-state index in [1.165, 1.54) is 30.4 Å². The van der Waals surface area contributed by atoms with E-state index in [1.807, 2.05) is 19.1 Å². The number of aromatic nitrogens is 1. The summed E-state index contributed by atoms with van der Waals surface area (Å²) >= 11 is 0. The van der Waals surface area contributed by atoms with Gasteiger partial charge in [0.2, 0.25) is 0 Å². The molecule has 0 unspecified atom stereocenters. The van der Waals surface area contributed by atoms with E-state index >= 15 is 0 Å². The Morgan fingerprint density at radius 3 is 2.50 bits per heavy atom. The van der Waals surface area contributed by atoms with Gasteiger partial charge in [0.25, 0.3) is 0 Å². The molecule has 2 nitrogen and oxygen atoms in total. The highest BCUT2D eigenvalue weighted by Crippen LogP contribution is 2.29. The Morgan fingerprint density at radius 2 is 1.79 bits per heavy atom. The van der Waals surface area contributed by atoms with Crippen LogP contribution in [-0.4, -0.2) is 10.8 Å². The van der Waals surface area contributed by atoms with Gasteiger partial charge < -0.3 is 0 Å². The van der Waals surface area contributed by atoms with Crippen molar-refractivity contribution in [2.24, 2.45) is 0 Å². The van der Waals surface area contributed by atoms with E-state index in [0.717, 1.165) is 24.2 Å². The molecule has 124 valence electrons. The van der Waals surface area contributed by atoms with E-state index < -0.39 is 11.7 Å². The fourth-order valence-corrected chi connectivity index (χ4v) is 2.01. The first-order chi connectivity index (χ1) is 11.4. The summed E-state index contributed by atoms with van der Waals surface area (Å²) in [6.07, 6.45) is 1.91. The van der Waals surface area contributed by atoms with E-state index in [9.17, 15) is 18.0 Å². The molecule has 1 heterocycles. The number of hydrogen-bond acceptors (Lipinski definition) is 2. The van der Waals surface area contributed by atoms with Gasteiger partial charge in [0.1, 0.15) is 0 Å². The topological polar surface area (TPSA) is 30.0 Å². The minimum Gasteiger partial charge on any atom is -0.290 e. The second-order valence-electron chi connectivity index (χ2n) is 5.10. The SMILES string of the molecule is CCc1cccc(/C=C/C(=O)/C=C/c2cccc(C(F)(F)F)c2)n1. The van der Waals surface area contributed by atoms with Crippen molar-refractivity contribution in [1.82, 2.24) is 4.98 Å². The zero-order chi connectivity index (χ0) is 17.6. The van der Waals surface area contributed by atoms with E-state index in [0.29, 0.717) is 11.3 Å². The predicted octanol–water partition coefficient (Wildman–Crippen LogP) is 4.96. The van der Waals surface area contributed by atoms with Gasteiger partial charge in [-0.2, -0.15) is 13.2 Å². The molecule has 2 aromatic rings. The first kappa shape index (κ1) is 17.7. The van der Waals surface area contributed by atoms with Crippen LogP contribution in [0.25, 0.3) is 12.2 Å². The molecule has 2 rings (SSSR count). The van der Waals surface area contributed by atoms with Crippen LogP contribution in [0.2, 0.25) is 0 Å². The largest absolute Gasteiger partial charge is 0.416 e. The van der Waals surface area contributed by atoms with Crippen LogP contribution >= 0.6 is 0 Å². The zero-order valence-corrected chi connectivity index (χ0v) is 13.0. The lowest BCUT2D eigenvalue weighted by molar-refractivity contribution is -0.137. The standard InChI is InChI=1S/C19H16F3NO/c1-2-16-7-4-8-17(23-16)10-12-18(24)11-9-14-5-3-6-15(13-14)19(20,21)22/h3-13H,2H2,1H3/b11-9+,12-10+. The number of allylic oxidation sites excluding steroid dienone is 2. The van der Waals surface area contributed by atoms with Crippen molar-refractivity contribution in [3.8, 4) is 0 Å². The minimum atomic E-state index is -4.40. The molecular weight excluding hydrogens is 315 g/mol. The third-order valence-corrected chi connectivity index (χ3v) is 3.26. The average Bonchev–Trinajstić information content (AvgIpc) is 2.58.